The molecule has 0 saturated heterocycles. The first-order valence-corrected chi connectivity index (χ1v) is 5.13. The molecular formula is C11H13NO4. The number of benzene rings is 1. The molecule has 5 nitrogen and oxygen atoms in total. The quantitative estimate of drug-likeness (QED) is 0.603. The summed E-state index contributed by atoms with van der Waals surface area (Å²) in [5, 5.41) is 29.9. The van der Waals surface area contributed by atoms with E-state index in [1.165, 1.54) is 18.2 Å². The highest BCUT2D eigenvalue weighted by Crippen LogP contribution is 2.54. The van der Waals surface area contributed by atoms with Crippen molar-refractivity contribution in [2.75, 3.05) is 0 Å². The summed E-state index contributed by atoms with van der Waals surface area (Å²) < 4.78 is 0. The molecule has 0 amide bonds. The Labute approximate surface area is 92.5 Å². The average Bonchev–Trinajstić information content (AvgIpc) is 2.97. The Hall–Kier alpha value is -1.62. The molecule has 86 valence electrons. The number of phenolic OH excluding ortho intramolecular Hbond substituents is 1. The van der Waals surface area contributed by atoms with Crippen LogP contribution in [0.15, 0.2) is 18.2 Å². The summed E-state index contributed by atoms with van der Waals surface area (Å²) in [5.41, 5.74) is -0.134. The molecule has 1 saturated carbocycles. The maximum absolute atomic E-state index is 10.9. The summed E-state index contributed by atoms with van der Waals surface area (Å²) in [4.78, 5) is 10.4. The van der Waals surface area contributed by atoms with Crippen molar-refractivity contribution in [2.24, 2.45) is 0 Å². The third-order valence-electron chi connectivity index (χ3n) is 3.30. The minimum Gasteiger partial charge on any atom is -0.508 e. The molecule has 16 heavy (non-hydrogen) atoms. The third-order valence-corrected chi connectivity index (χ3v) is 3.30. The molecule has 1 aliphatic carbocycles. The maximum atomic E-state index is 10.9. The maximum Gasteiger partial charge on any atom is 0.273 e. The number of aromatic hydroxyl groups is 1. The zero-order chi connectivity index (χ0) is 11.9. The van der Waals surface area contributed by atoms with E-state index < -0.39 is 16.4 Å². The highest BCUT2D eigenvalue weighted by Gasteiger charge is 2.51. The van der Waals surface area contributed by atoms with Gasteiger partial charge in [0.2, 0.25) is 0 Å². The number of rotatable bonds is 3. The largest absolute Gasteiger partial charge is 0.508 e. The Kier molecular flexibility index (Phi) is 2.35. The zero-order valence-corrected chi connectivity index (χ0v) is 8.88. The number of nitro benzene ring substituents is 1. The van der Waals surface area contributed by atoms with Gasteiger partial charge in [-0.2, -0.15) is 0 Å². The van der Waals surface area contributed by atoms with Crippen LogP contribution in [-0.2, 0) is 5.41 Å². The molecule has 0 aromatic heterocycles. The Morgan fingerprint density at radius 1 is 1.50 bits per heavy atom. The van der Waals surface area contributed by atoms with Crippen LogP contribution in [0.25, 0.3) is 0 Å². The number of aliphatic hydroxyl groups excluding tert-OH is 1. The minimum atomic E-state index is -0.645. The predicted octanol–water partition coefficient (Wildman–Crippen LogP) is 1.71. The fraction of sp³-hybridized carbons (Fsp3) is 0.455. The van der Waals surface area contributed by atoms with Gasteiger partial charge in [-0.1, -0.05) is 0 Å². The second-order valence-corrected chi connectivity index (χ2v) is 4.29. The van der Waals surface area contributed by atoms with E-state index in [1.807, 2.05) is 0 Å². The number of hydrogen-bond acceptors (Lipinski definition) is 4. The molecule has 0 heterocycles. The molecule has 0 spiro atoms. The summed E-state index contributed by atoms with van der Waals surface area (Å²) in [6.07, 6.45) is 0.789. The molecule has 2 N–H and O–H groups in total. The van der Waals surface area contributed by atoms with E-state index in [0.29, 0.717) is 5.56 Å². The molecule has 0 bridgehead atoms. The summed E-state index contributed by atoms with van der Waals surface area (Å²) in [5.74, 6) is -0.00692. The van der Waals surface area contributed by atoms with Crippen molar-refractivity contribution in [3.05, 3.63) is 33.9 Å². The predicted molar refractivity (Wildman–Crippen MR) is 57.4 cm³/mol. The van der Waals surface area contributed by atoms with Crippen molar-refractivity contribution in [3.8, 4) is 5.75 Å². The van der Waals surface area contributed by atoms with Gasteiger partial charge < -0.3 is 10.2 Å². The van der Waals surface area contributed by atoms with Crippen LogP contribution < -0.4 is 0 Å². The van der Waals surface area contributed by atoms with Gasteiger partial charge in [0.15, 0.2) is 0 Å². The average molecular weight is 223 g/mol. The molecule has 0 radical (unpaired) electrons. The topological polar surface area (TPSA) is 83.6 Å². The number of phenols is 1. The van der Waals surface area contributed by atoms with Crippen molar-refractivity contribution < 1.29 is 15.1 Å². The molecule has 5 heteroatoms. The second kappa shape index (κ2) is 3.45. The van der Waals surface area contributed by atoms with Crippen LogP contribution in [-0.4, -0.2) is 21.2 Å². The Morgan fingerprint density at radius 3 is 2.56 bits per heavy atom. The van der Waals surface area contributed by atoms with Crippen molar-refractivity contribution in [2.45, 2.75) is 31.3 Å². The number of hydrogen-bond donors (Lipinski definition) is 2. The lowest BCUT2D eigenvalue weighted by Gasteiger charge is -2.18. The monoisotopic (exact) mass is 223 g/mol. The molecule has 1 atom stereocenters. The smallest absolute Gasteiger partial charge is 0.273 e. The van der Waals surface area contributed by atoms with E-state index in [-0.39, 0.29) is 11.4 Å². The lowest BCUT2D eigenvalue weighted by Crippen LogP contribution is -2.23. The lowest BCUT2D eigenvalue weighted by atomic mass is 9.89. The molecule has 1 fully saturated rings. The van der Waals surface area contributed by atoms with Crippen LogP contribution in [0.2, 0.25) is 0 Å². The van der Waals surface area contributed by atoms with Gasteiger partial charge in [0.1, 0.15) is 5.75 Å². The summed E-state index contributed by atoms with van der Waals surface area (Å²) >= 11 is 0. The van der Waals surface area contributed by atoms with E-state index in [2.05, 4.69) is 0 Å². The fourth-order valence-electron chi connectivity index (χ4n) is 2.13. The van der Waals surface area contributed by atoms with Gasteiger partial charge in [0.25, 0.3) is 5.69 Å². The fourth-order valence-corrected chi connectivity index (χ4v) is 2.13. The summed E-state index contributed by atoms with van der Waals surface area (Å²) in [6.45, 7) is 1.63. The highest BCUT2D eigenvalue weighted by atomic mass is 16.6. The van der Waals surface area contributed by atoms with Crippen LogP contribution in [0.3, 0.4) is 0 Å². The minimum absolute atomic E-state index is 0.00692. The Morgan fingerprint density at radius 2 is 2.12 bits per heavy atom. The Bertz CT molecular complexity index is 438. The van der Waals surface area contributed by atoms with E-state index >= 15 is 0 Å². The lowest BCUT2D eigenvalue weighted by molar-refractivity contribution is -0.386. The standard InChI is InChI=1S/C11H13NO4/c1-7(13)11(4-5-11)9-6-8(14)2-3-10(9)12(15)16/h2-3,6-7,13-14H,4-5H2,1H3. The molecule has 1 aromatic rings. The highest BCUT2D eigenvalue weighted by molar-refractivity contribution is 5.52. The van der Waals surface area contributed by atoms with Gasteiger partial charge in [0.05, 0.1) is 11.0 Å². The molecular weight excluding hydrogens is 210 g/mol. The SMILES string of the molecule is CC(O)C1(c2cc(O)ccc2[N+](=O)[O-])CC1. The van der Waals surface area contributed by atoms with Gasteiger partial charge in [-0.3, -0.25) is 10.1 Å². The summed E-state index contributed by atoms with van der Waals surface area (Å²) in [6, 6.07) is 3.96. The number of nitrogens with zero attached hydrogens (tertiary/aromatic N) is 1. The molecule has 1 unspecified atom stereocenters. The van der Waals surface area contributed by atoms with Crippen LogP contribution in [0.1, 0.15) is 25.3 Å². The van der Waals surface area contributed by atoms with E-state index in [0.717, 1.165) is 12.8 Å². The Balaban J connectivity index is 2.54. The van der Waals surface area contributed by atoms with Crippen LogP contribution in [0.4, 0.5) is 5.69 Å². The van der Waals surface area contributed by atoms with Gasteiger partial charge >= 0.3 is 0 Å². The van der Waals surface area contributed by atoms with Crippen molar-refractivity contribution in [1.82, 2.24) is 0 Å². The van der Waals surface area contributed by atoms with Gasteiger partial charge in [0, 0.05) is 17.0 Å². The van der Waals surface area contributed by atoms with Gasteiger partial charge in [-0.25, -0.2) is 0 Å². The van der Waals surface area contributed by atoms with E-state index in [1.54, 1.807) is 6.92 Å². The van der Waals surface area contributed by atoms with Gasteiger partial charge in [-0.15, -0.1) is 0 Å². The van der Waals surface area contributed by atoms with Gasteiger partial charge in [-0.05, 0) is 31.9 Å². The van der Waals surface area contributed by atoms with Crippen LogP contribution >= 0.6 is 0 Å². The summed E-state index contributed by atoms with van der Waals surface area (Å²) in [7, 11) is 0. The third kappa shape index (κ3) is 1.53. The van der Waals surface area contributed by atoms with Crippen molar-refractivity contribution >= 4 is 5.69 Å². The van der Waals surface area contributed by atoms with Crippen molar-refractivity contribution in [1.29, 1.82) is 0 Å². The van der Waals surface area contributed by atoms with Crippen LogP contribution in [0.5, 0.6) is 5.75 Å². The number of nitro groups is 1. The number of aliphatic hydroxyl groups is 1. The van der Waals surface area contributed by atoms with Crippen molar-refractivity contribution in [3.63, 3.8) is 0 Å². The molecule has 1 aromatic carbocycles. The molecule has 0 aliphatic heterocycles. The van der Waals surface area contributed by atoms with E-state index in [9.17, 15) is 20.3 Å². The first-order chi connectivity index (χ1) is 7.47. The van der Waals surface area contributed by atoms with E-state index in [4.69, 9.17) is 0 Å². The first kappa shape index (κ1) is 10.9. The van der Waals surface area contributed by atoms with Crippen LogP contribution in [0, 0.1) is 10.1 Å². The molecule has 1 aliphatic rings. The zero-order valence-electron chi connectivity index (χ0n) is 8.88. The second-order valence-electron chi connectivity index (χ2n) is 4.29. The first-order valence-electron chi connectivity index (χ1n) is 5.13. The normalized spacial score (nSPS) is 19.1. The molecule has 2 rings (SSSR count).